The second-order valence-electron chi connectivity index (χ2n) is 4.01. The van der Waals surface area contributed by atoms with Gasteiger partial charge in [0.25, 0.3) is 5.24 Å². The minimum absolute atomic E-state index is 0.0825. The molecule has 0 unspecified atom stereocenters. The zero-order chi connectivity index (χ0) is 15.6. The van der Waals surface area contributed by atoms with Gasteiger partial charge in [0.2, 0.25) is 0 Å². The Kier molecular flexibility index (Phi) is 4.18. The number of rotatable bonds is 3. The van der Waals surface area contributed by atoms with E-state index in [9.17, 15) is 22.4 Å². The standard InChI is InChI=1S/C14H7ClF4O2/c15-13(20)8-5-6-9(11(16)7-8)10-3-1-2-4-12(10)21-14(17,18)19/h1-7H. The minimum Gasteiger partial charge on any atom is -0.405 e. The summed E-state index contributed by atoms with van der Waals surface area (Å²) >= 11 is 5.21. The van der Waals surface area contributed by atoms with Gasteiger partial charge in [-0.05, 0) is 29.8 Å². The molecule has 2 nitrogen and oxygen atoms in total. The molecule has 0 saturated heterocycles. The Labute approximate surface area is 121 Å². The summed E-state index contributed by atoms with van der Waals surface area (Å²) in [4.78, 5) is 10.9. The number of hydrogen-bond acceptors (Lipinski definition) is 2. The van der Waals surface area contributed by atoms with Crippen LogP contribution >= 0.6 is 11.6 Å². The van der Waals surface area contributed by atoms with Crippen molar-refractivity contribution in [2.24, 2.45) is 0 Å². The number of para-hydroxylation sites is 1. The van der Waals surface area contributed by atoms with Crippen LogP contribution in [0.5, 0.6) is 5.75 Å². The first-order valence-corrected chi connectivity index (χ1v) is 6.00. The van der Waals surface area contributed by atoms with Crippen molar-refractivity contribution in [3.05, 3.63) is 53.8 Å². The molecule has 0 aromatic heterocycles. The van der Waals surface area contributed by atoms with Crippen molar-refractivity contribution in [2.75, 3.05) is 0 Å². The van der Waals surface area contributed by atoms with Gasteiger partial charge in [0.05, 0.1) is 0 Å². The molecule has 2 rings (SSSR count). The molecule has 0 amide bonds. The van der Waals surface area contributed by atoms with Crippen LogP contribution in [0.25, 0.3) is 11.1 Å². The van der Waals surface area contributed by atoms with Crippen LogP contribution in [-0.2, 0) is 0 Å². The van der Waals surface area contributed by atoms with Gasteiger partial charge in [-0.25, -0.2) is 4.39 Å². The maximum Gasteiger partial charge on any atom is 0.573 e. The van der Waals surface area contributed by atoms with E-state index < -0.39 is 23.2 Å². The van der Waals surface area contributed by atoms with Gasteiger partial charge < -0.3 is 4.74 Å². The molecule has 21 heavy (non-hydrogen) atoms. The molecule has 0 atom stereocenters. The lowest BCUT2D eigenvalue weighted by atomic mass is 10.0. The first-order chi connectivity index (χ1) is 9.78. The Bertz CT molecular complexity index is 683. The van der Waals surface area contributed by atoms with E-state index in [1.165, 1.54) is 30.3 Å². The number of alkyl halides is 3. The molecular weight excluding hydrogens is 312 g/mol. The average Bonchev–Trinajstić information content (AvgIpc) is 2.37. The van der Waals surface area contributed by atoms with Crippen molar-refractivity contribution >= 4 is 16.8 Å². The summed E-state index contributed by atoms with van der Waals surface area (Å²) in [6.07, 6.45) is -4.89. The highest BCUT2D eigenvalue weighted by Crippen LogP contribution is 2.35. The van der Waals surface area contributed by atoms with Crippen molar-refractivity contribution in [1.29, 1.82) is 0 Å². The second kappa shape index (κ2) is 5.73. The second-order valence-corrected chi connectivity index (χ2v) is 4.36. The lowest BCUT2D eigenvalue weighted by molar-refractivity contribution is -0.274. The highest BCUT2D eigenvalue weighted by molar-refractivity contribution is 6.67. The first-order valence-electron chi connectivity index (χ1n) is 5.62. The molecule has 2 aromatic carbocycles. The zero-order valence-electron chi connectivity index (χ0n) is 10.2. The Hall–Kier alpha value is -2.08. The van der Waals surface area contributed by atoms with Crippen molar-refractivity contribution in [3.8, 4) is 16.9 Å². The topological polar surface area (TPSA) is 26.3 Å². The maximum atomic E-state index is 14.0. The molecule has 0 aliphatic heterocycles. The van der Waals surface area contributed by atoms with Crippen LogP contribution in [0.15, 0.2) is 42.5 Å². The van der Waals surface area contributed by atoms with E-state index in [2.05, 4.69) is 4.74 Å². The minimum atomic E-state index is -4.89. The quantitative estimate of drug-likeness (QED) is 0.602. The van der Waals surface area contributed by atoms with Crippen molar-refractivity contribution in [1.82, 2.24) is 0 Å². The van der Waals surface area contributed by atoms with Gasteiger partial charge in [-0.2, -0.15) is 0 Å². The lowest BCUT2D eigenvalue weighted by Crippen LogP contribution is -2.17. The van der Waals surface area contributed by atoms with Gasteiger partial charge >= 0.3 is 6.36 Å². The molecule has 0 N–H and O–H groups in total. The van der Waals surface area contributed by atoms with E-state index in [0.717, 1.165) is 12.1 Å². The number of ether oxygens (including phenoxy) is 1. The number of benzene rings is 2. The van der Waals surface area contributed by atoms with Crippen LogP contribution in [0.1, 0.15) is 10.4 Å². The highest BCUT2D eigenvalue weighted by atomic mass is 35.5. The summed E-state index contributed by atoms with van der Waals surface area (Å²) in [5.41, 5.74) is -0.301. The van der Waals surface area contributed by atoms with Crippen LogP contribution in [0.3, 0.4) is 0 Å². The van der Waals surface area contributed by atoms with Gasteiger partial charge in [-0.1, -0.05) is 24.3 Å². The summed E-state index contributed by atoms with van der Waals surface area (Å²) in [5.74, 6) is -1.41. The fourth-order valence-electron chi connectivity index (χ4n) is 1.76. The largest absolute Gasteiger partial charge is 0.573 e. The van der Waals surface area contributed by atoms with Crippen LogP contribution in [0, 0.1) is 5.82 Å². The third-order valence-electron chi connectivity index (χ3n) is 2.60. The monoisotopic (exact) mass is 318 g/mol. The van der Waals surface area contributed by atoms with E-state index in [1.54, 1.807) is 0 Å². The highest BCUT2D eigenvalue weighted by Gasteiger charge is 2.32. The molecule has 0 aliphatic rings. The third kappa shape index (κ3) is 3.72. The van der Waals surface area contributed by atoms with Gasteiger partial charge in [-0.3, -0.25) is 4.79 Å². The molecular formula is C14H7ClF4O2. The molecule has 0 radical (unpaired) electrons. The molecule has 110 valence electrons. The molecule has 7 heteroatoms. The van der Waals surface area contributed by atoms with Crippen LogP contribution in [-0.4, -0.2) is 11.6 Å². The van der Waals surface area contributed by atoms with E-state index in [1.807, 2.05) is 0 Å². The number of halogens is 5. The molecule has 0 saturated carbocycles. The fourth-order valence-corrected chi connectivity index (χ4v) is 1.88. The van der Waals surface area contributed by atoms with Gasteiger partial charge in [0.15, 0.2) is 0 Å². The normalized spacial score (nSPS) is 11.3. The van der Waals surface area contributed by atoms with Crippen LogP contribution < -0.4 is 4.74 Å². The smallest absolute Gasteiger partial charge is 0.405 e. The Balaban J connectivity index is 2.50. The Morgan fingerprint density at radius 2 is 1.71 bits per heavy atom. The molecule has 2 aromatic rings. The van der Waals surface area contributed by atoms with Crippen LogP contribution in [0.4, 0.5) is 17.6 Å². The SMILES string of the molecule is O=C(Cl)c1ccc(-c2ccccc2OC(F)(F)F)c(F)c1. The molecule has 0 aliphatic carbocycles. The molecule has 0 heterocycles. The van der Waals surface area contributed by atoms with Crippen LogP contribution in [0.2, 0.25) is 0 Å². The van der Waals surface area contributed by atoms with E-state index in [0.29, 0.717) is 0 Å². The fraction of sp³-hybridized carbons (Fsp3) is 0.0714. The van der Waals surface area contributed by atoms with E-state index >= 15 is 0 Å². The summed E-state index contributed by atoms with van der Waals surface area (Å²) in [7, 11) is 0. The van der Waals surface area contributed by atoms with Crippen molar-refractivity contribution in [3.63, 3.8) is 0 Å². The summed E-state index contributed by atoms with van der Waals surface area (Å²) in [6, 6.07) is 8.37. The van der Waals surface area contributed by atoms with E-state index in [4.69, 9.17) is 11.6 Å². The Morgan fingerprint density at radius 1 is 1.05 bits per heavy atom. The third-order valence-corrected chi connectivity index (χ3v) is 2.82. The average molecular weight is 319 g/mol. The molecule has 0 spiro atoms. The van der Waals surface area contributed by atoms with Crippen molar-refractivity contribution in [2.45, 2.75) is 6.36 Å². The Morgan fingerprint density at radius 3 is 2.29 bits per heavy atom. The van der Waals surface area contributed by atoms with Gasteiger partial charge in [-0.15, -0.1) is 13.2 Å². The van der Waals surface area contributed by atoms with Gasteiger partial charge in [0, 0.05) is 16.7 Å². The summed E-state index contributed by atoms with van der Waals surface area (Å²) in [5, 5.41) is -0.861. The maximum absolute atomic E-state index is 14.0. The molecule has 0 bridgehead atoms. The number of carbonyl (C=O) groups is 1. The van der Waals surface area contributed by atoms with Gasteiger partial charge in [0.1, 0.15) is 11.6 Å². The predicted molar refractivity (Wildman–Crippen MR) is 68.7 cm³/mol. The molecule has 0 fully saturated rings. The number of carbonyl (C=O) groups excluding carboxylic acids is 1. The number of hydrogen-bond donors (Lipinski definition) is 0. The van der Waals surface area contributed by atoms with E-state index in [-0.39, 0.29) is 16.7 Å². The first kappa shape index (κ1) is 15.3. The van der Waals surface area contributed by atoms with Crippen molar-refractivity contribution < 1.29 is 27.1 Å². The predicted octanol–water partition coefficient (Wildman–Crippen LogP) is 4.77. The lowest BCUT2D eigenvalue weighted by Gasteiger charge is -2.13. The summed E-state index contributed by atoms with van der Waals surface area (Å²) < 4.78 is 54.8. The summed E-state index contributed by atoms with van der Waals surface area (Å²) in [6.45, 7) is 0. The zero-order valence-corrected chi connectivity index (χ0v) is 11.0.